The third-order valence-electron chi connectivity index (χ3n) is 2.18. The van der Waals surface area contributed by atoms with E-state index in [1.165, 1.54) is 0 Å². The summed E-state index contributed by atoms with van der Waals surface area (Å²) in [6, 6.07) is 0. The smallest absolute Gasteiger partial charge is 0.402 e. The number of hydrogen-bond donors (Lipinski definition) is 2. The van der Waals surface area contributed by atoms with Crippen LogP contribution in [0.3, 0.4) is 0 Å². The Kier molecular flexibility index (Phi) is 4.38. The van der Waals surface area contributed by atoms with Crippen LogP contribution in [-0.2, 0) is 9.31 Å². The lowest BCUT2D eigenvalue weighted by atomic mass is 9.88. The molecule has 0 bridgehead atoms. The standard InChI is InChI=1S/C8H19BO4/c1-6-12-9(11)13-8(4,5)7(2,3)10/h10-11H,6H2,1-5H3. The summed E-state index contributed by atoms with van der Waals surface area (Å²) < 4.78 is 9.92. The predicted molar refractivity (Wildman–Crippen MR) is 51.1 cm³/mol. The van der Waals surface area contributed by atoms with Gasteiger partial charge in [-0.05, 0) is 34.6 Å². The Morgan fingerprint density at radius 1 is 1.23 bits per heavy atom. The number of aliphatic hydroxyl groups is 1. The fourth-order valence-electron chi connectivity index (χ4n) is 0.573. The maximum Gasteiger partial charge on any atom is 0.637 e. The van der Waals surface area contributed by atoms with Crippen molar-refractivity contribution in [2.24, 2.45) is 0 Å². The zero-order valence-electron chi connectivity index (χ0n) is 9.00. The average Bonchev–Trinajstić information content (AvgIpc) is 1.83. The van der Waals surface area contributed by atoms with E-state index in [0.29, 0.717) is 6.61 Å². The lowest BCUT2D eigenvalue weighted by molar-refractivity contribution is -0.112. The van der Waals surface area contributed by atoms with Crippen molar-refractivity contribution in [3.8, 4) is 0 Å². The van der Waals surface area contributed by atoms with Gasteiger partial charge in [-0.15, -0.1) is 0 Å². The molecule has 0 spiro atoms. The Balaban J connectivity index is 4.17. The van der Waals surface area contributed by atoms with Gasteiger partial charge in [0.15, 0.2) is 0 Å². The zero-order chi connectivity index (χ0) is 10.7. The van der Waals surface area contributed by atoms with Crippen LogP contribution in [0.15, 0.2) is 0 Å². The third kappa shape index (κ3) is 4.09. The minimum Gasteiger partial charge on any atom is -0.402 e. The normalized spacial score (nSPS) is 13.2. The summed E-state index contributed by atoms with van der Waals surface area (Å²) in [5.41, 5.74) is -1.90. The minimum absolute atomic E-state index is 0.364. The van der Waals surface area contributed by atoms with Gasteiger partial charge in [-0.3, -0.25) is 0 Å². The van der Waals surface area contributed by atoms with Crippen molar-refractivity contribution in [1.29, 1.82) is 0 Å². The van der Waals surface area contributed by atoms with Gasteiger partial charge in [-0.1, -0.05) is 0 Å². The second-order valence-electron chi connectivity index (χ2n) is 3.95. The molecule has 0 aromatic heterocycles. The maximum atomic E-state index is 9.67. The third-order valence-corrected chi connectivity index (χ3v) is 2.18. The highest BCUT2D eigenvalue weighted by molar-refractivity contribution is 6.34. The van der Waals surface area contributed by atoms with Crippen LogP contribution in [0.5, 0.6) is 0 Å². The first-order valence-electron chi connectivity index (χ1n) is 4.40. The molecule has 0 aromatic rings. The van der Waals surface area contributed by atoms with Gasteiger partial charge >= 0.3 is 7.32 Å². The Hall–Kier alpha value is -0.0951. The van der Waals surface area contributed by atoms with E-state index in [1.54, 1.807) is 34.6 Å². The molecule has 0 fully saturated rings. The molecule has 0 saturated carbocycles. The molecule has 0 aliphatic heterocycles. The summed E-state index contributed by atoms with van der Waals surface area (Å²) in [6.45, 7) is 8.73. The molecule has 0 aliphatic rings. The Labute approximate surface area is 80.0 Å². The molecule has 0 radical (unpaired) electrons. The van der Waals surface area contributed by atoms with E-state index in [9.17, 15) is 10.1 Å². The molecule has 0 rings (SSSR count). The largest absolute Gasteiger partial charge is 0.637 e. The second-order valence-corrected chi connectivity index (χ2v) is 3.95. The Morgan fingerprint density at radius 3 is 2.00 bits per heavy atom. The molecule has 0 amide bonds. The van der Waals surface area contributed by atoms with Gasteiger partial charge in [-0.25, -0.2) is 0 Å². The van der Waals surface area contributed by atoms with Crippen molar-refractivity contribution in [3.63, 3.8) is 0 Å². The summed E-state index contributed by atoms with van der Waals surface area (Å²) in [4.78, 5) is 0. The Bertz CT molecular complexity index is 153. The van der Waals surface area contributed by atoms with E-state index >= 15 is 0 Å². The van der Waals surface area contributed by atoms with E-state index in [2.05, 4.69) is 0 Å². The van der Waals surface area contributed by atoms with Gasteiger partial charge in [0.1, 0.15) is 0 Å². The molecule has 13 heavy (non-hydrogen) atoms. The van der Waals surface area contributed by atoms with Crippen molar-refractivity contribution in [3.05, 3.63) is 0 Å². The van der Waals surface area contributed by atoms with Gasteiger partial charge in [0.05, 0.1) is 11.2 Å². The second kappa shape index (κ2) is 4.42. The van der Waals surface area contributed by atoms with Crippen LogP contribution in [0.2, 0.25) is 0 Å². The molecule has 0 heterocycles. The van der Waals surface area contributed by atoms with Crippen molar-refractivity contribution in [2.45, 2.75) is 45.8 Å². The molecule has 0 atom stereocenters. The lowest BCUT2D eigenvalue weighted by Gasteiger charge is -2.37. The number of hydrogen-bond acceptors (Lipinski definition) is 4. The quantitative estimate of drug-likeness (QED) is 0.622. The molecule has 0 unspecified atom stereocenters. The van der Waals surface area contributed by atoms with E-state index in [-0.39, 0.29) is 0 Å². The highest BCUT2D eigenvalue weighted by atomic mass is 16.7. The van der Waals surface area contributed by atoms with E-state index in [1.807, 2.05) is 0 Å². The highest BCUT2D eigenvalue weighted by Crippen LogP contribution is 2.25. The summed E-state index contributed by atoms with van der Waals surface area (Å²) >= 11 is 0. The topological polar surface area (TPSA) is 58.9 Å². The summed E-state index contributed by atoms with van der Waals surface area (Å²) in [7, 11) is -1.29. The molecular weight excluding hydrogens is 171 g/mol. The Morgan fingerprint density at radius 2 is 1.69 bits per heavy atom. The summed E-state index contributed by atoms with van der Waals surface area (Å²) in [6.07, 6.45) is 0. The molecular formula is C8H19BO4. The molecule has 2 N–H and O–H groups in total. The van der Waals surface area contributed by atoms with Crippen LogP contribution in [0, 0.1) is 0 Å². The van der Waals surface area contributed by atoms with E-state index < -0.39 is 18.5 Å². The molecule has 78 valence electrons. The molecule has 0 saturated heterocycles. The van der Waals surface area contributed by atoms with Crippen molar-refractivity contribution in [2.75, 3.05) is 6.61 Å². The molecule has 0 aliphatic carbocycles. The summed E-state index contributed by atoms with van der Waals surface area (Å²) in [5, 5.41) is 18.9. The fourth-order valence-corrected chi connectivity index (χ4v) is 0.573. The van der Waals surface area contributed by atoms with Crippen LogP contribution in [-0.4, -0.2) is 35.3 Å². The molecule has 4 nitrogen and oxygen atoms in total. The molecule has 5 heteroatoms. The SMILES string of the molecule is CCOB(O)OC(C)(C)C(C)(C)O. The number of rotatable bonds is 5. The highest BCUT2D eigenvalue weighted by Gasteiger charge is 2.39. The van der Waals surface area contributed by atoms with E-state index in [0.717, 1.165) is 0 Å². The molecule has 0 aromatic carbocycles. The zero-order valence-corrected chi connectivity index (χ0v) is 9.00. The van der Waals surface area contributed by atoms with Crippen molar-refractivity contribution in [1.82, 2.24) is 0 Å². The lowest BCUT2D eigenvalue weighted by Crippen LogP contribution is -2.51. The van der Waals surface area contributed by atoms with Crippen LogP contribution in [0.4, 0.5) is 0 Å². The van der Waals surface area contributed by atoms with Gasteiger partial charge in [0, 0.05) is 6.61 Å². The van der Waals surface area contributed by atoms with Crippen molar-refractivity contribution < 1.29 is 19.4 Å². The maximum absolute atomic E-state index is 9.67. The monoisotopic (exact) mass is 190 g/mol. The first-order chi connectivity index (χ1) is 5.70. The predicted octanol–water partition coefficient (Wildman–Crippen LogP) is 0.566. The van der Waals surface area contributed by atoms with Gasteiger partial charge in [-0.2, -0.15) is 0 Å². The minimum atomic E-state index is -1.29. The van der Waals surface area contributed by atoms with Gasteiger partial charge < -0.3 is 19.4 Å². The van der Waals surface area contributed by atoms with Crippen LogP contribution in [0.1, 0.15) is 34.6 Å². The van der Waals surface area contributed by atoms with E-state index in [4.69, 9.17) is 9.31 Å². The van der Waals surface area contributed by atoms with Crippen LogP contribution >= 0.6 is 0 Å². The van der Waals surface area contributed by atoms with Crippen LogP contribution < -0.4 is 0 Å². The first kappa shape index (κ1) is 12.9. The fraction of sp³-hybridized carbons (Fsp3) is 1.00. The van der Waals surface area contributed by atoms with Crippen LogP contribution in [0.25, 0.3) is 0 Å². The van der Waals surface area contributed by atoms with Crippen molar-refractivity contribution >= 4 is 7.32 Å². The van der Waals surface area contributed by atoms with Gasteiger partial charge in [0.2, 0.25) is 0 Å². The summed E-state index contributed by atoms with van der Waals surface area (Å²) in [5.74, 6) is 0. The average molecular weight is 190 g/mol. The first-order valence-corrected chi connectivity index (χ1v) is 4.40. The van der Waals surface area contributed by atoms with Gasteiger partial charge in [0.25, 0.3) is 0 Å².